The van der Waals surface area contributed by atoms with Crippen LogP contribution >= 0.6 is 50.5 Å². The van der Waals surface area contributed by atoms with Crippen molar-refractivity contribution in [1.82, 2.24) is 4.98 Å². The Morgan fingerprint density at radius 1 is 1.00 bits per heavy atom. The normalized spacial score (nSPS) is 10.8. The van der Waals surface area contributed by atoms with Crippen molar-refractivity contribution < 1.29 is 24.5 Å². The summed E-state index contributed by atoms with van der Waals surface area (Å²) < 4.78 is 5.91. The highest BCUT2D eigenvalue weighted by molar-refractivity contribution is 9.10. The lowest BCUT2D eigenvalue weighted by atomic mass is 10.1. The largest absolute Gasteiger partial charge is 0.481 e. The van der Waals surface area contributed by atoms with Gasteiger partial charge in [-0.15, -0.1) is 11.3 Å². The maximum Gasteiger partial charge on any atom is 0.341 e. The maximum atomic E-state index is 11.2. The fraction of sp³-hybridized carbons (Fsp3) is 0.0800. The van der Waals surface area contributed by atoms with E-state index < -0.39 is 18.5 Å². The molecule has 0 aliphatic carbocycles. The average Bonchev–Trinajstić information content (AvgIpc) is 3.34. The summed E-state index contributed by atoms with van der Waals surface area (Å²) in [6, 6.07) is 17.2. The number of carboxylic acid groups (broad SMARTS) is 2. The number of nitrogens with zero attached hydrogens (tertiary/aromatic N) is 2. The molecule has 36 heavy (non-hydrogen) atoms. The molecule has 1 heterocycles. The summed E-state index contributed by atoms with van der Waals surface area (Å²) >= 11 is 17.3. The van der Waals surface area contributed by atoms with Crippen LogP contribution in [0.2, 0.25) is 10.0 Å². The van der Waals surface area contributed by atoms with Gasteiger partial charge in [-0.05, 0) is 64.0 Å². The summed E-state index contributed by atoms with van der Waals surface area (Å²) in [6.45, 7) is -0.0244. The molecular formula is C25H17BrCl2N2O5S. The van der Waals surface area contributed by atoms with Crippen molar-refractivity contribution in [3.63, 3.8) is 0 Å². The van der Waals surface area contributed by atoms with Gasteiger partial charge in [-0.1, -0.05) is 41.4 Å². The summed E-state index contributed by atoms with van der Waals surface area (Å²) in [5, 5.41) is 21.4. The van der Waals surface area contributed by atoms with Gasteiger partial charge in [0.1, 0.15) is 5.75 Å². The number of hydrogen-bond donors (Lipinski definition) is 2. The predicted octanol–water partition coefficient (Wildman–Crippen LogP) is 7.38. The van der Waals surface area contributed by atoms with Crippen LogP contribution in [0.3, 0.4) is 0 Å². The van der Waals surface area contributed by atoms with Gasteiger partial charge in [0.2, 0.25) is 0 Å². The van der Waals surface area contributed by atoms with E-state index in [-0.39, 0.29) is 5.56 Å². The van der Waals surface area contributed by atoms with Crippen LogP contribution in [0.4, 0.5) is 10.8 Å². The molecule has 0 saturated carbocycles. The van der Waals surface area contributed by atoms with E-state index in [0.717, 1.165) is 16.8 Å². The minimum absolute atomic E-state index is 0.202. The quantitative estimate of drug-likeness (QED) is 0.205. The Labute approximate surface area is 228 Å². The van der Waals surface area contributed by atoms with Crippen molar-refractivity contribution in [3.05, 3.63) is 91.7 Å². The second-order valence-corrected chi connectivity index (χ2v) is 10.0. The van der Waals surface area contributed by atoms with Crippen molar-refractivity contribution in [1.29, 1.82) is 0 Å². The third-order valence-electron chi connectivity index (χ3n) is 5.05. The fourth-order valence-electron chi connectivity index (χ4n) is 3.31. The van der Waals surface area contributed by atoms with Crippen molar-refractivity contribution in [2.75, 3.05) is 11.5 Å². The van der Waals surface area contributed by atoms with E-state index in [0.29, 0.717) is 37.6 Å². The second-order valence-electron chi connectivity index (χ2n) is 7.53. The van der Waals surface area contributed by atoms with Gasteiger partial charge in [-0.25, -0.2) is 14.6 Å². The molecule has 4 rings (SSSR count). The summed E-state index contributed by atoms with van der Waals surface area (Å²) in [7, 11) is 0. The molecular weight excluding hydrogens is 591 g/mol. The highest BCUT2D eigenvalue weighted by atomic mass is 79.9. The molecule has 0 fully saturated rings. The second kappa shape index (κ2) is 11.3. The fourth-order valence-corrected chi connectivity index (χ4v) is 5.00. The number of aromatic carboxylic acids is 1. The number of rotatable bonds is 9. The number of hydrogen-bond acceptors (Lipinski definition) is 6. The van der Waals surface area contributed by atoms with Crippen molar-refractivity contribution in [2.24, 2.45) is 0 Å². The van der Waals surface area contributed by atoms with Crippen molar-refractivity contribution >= 4 is 73.2 Å². The molecule has 1 aromatic heterocycles. The number of carboxylic acids is 2. The van der Waals surface area contributed by atoms with E-state index in [9.17, 15) is 9.59 Å². The Kier molecular flexibility index (Phi) is 8.15. The molecule has 4 aromatic rings. The molecule has 0 bridgehead atoms. The molecule has 0 aliphatic rings. The molecule has 0 unspecified atom stereocenters. The van der Waals surface area contributed by atoms with Gasteiger partial charge < -0.3 is 19.8 Å². The maximum absolute atomic E-state index is 11.2. The first-order valence-corrected chi connectivity index (χ1v) is 12.8. The smallest absolute Gasteiger partial charge is 0.341 e. The number of aliphatic carboxylic acids is 1. The highest BCUT2D eigenvalue weighted by Gasteiger charge is 2.18. The zero-order chi connectivity index (χ0) is 25.8. The van der Waals surface area contributed by atoms with Crippen LogP contribution in [0.15, 0.2) is 70.5 Å². The molecule has 0 spiro atoms. The van der Waals surface area contributed by atoms with Crippen LogP contribution in [-0.4, -0.2) is 33.7 Å². The highest BCUT2D eigenvalue weighted by Crippen LogP contribution is 2.37. The number of carbonyl (C=O) groups is 2. The van der Waals surface area contributed by atoms with Crippen LogP contribution < -0.4 is 9.64 Å². The first kappa shape index (κ1) is 26.0. The molecule has 11 heteroatoms. The molecule has 2 N–H and O–H groups in total. The van der Waals surface area contributed by atoms with Crippen LogP contribution in [0.1, 0.15) is 15.9 Å². The van der Waals surface area contributed by atoms with Crippen molar-refractivity contribution in [3.8, 4) is 17.0 Å². The van der Waals surface area contributed by atoms with E-state index in [1.807, 2.05) is 28.5 Å². The average molecular weight is 608 g/mol. The van der Waals surface area contributed by atoms with E-state index in [1.54, 1.807) is 42.5 Å². The number of anilines is 2. The van der Waals surface area contributed by atoms with Crippen molar-refractivity contribution in [2.45, 2.75) is 6.54 Å². The third kappa shape index (κ3) is 6.17. The van der Waals surface area contributed by atoms with Gasteiger partial charge in [0.05, 0.1) is 32.3 Å². The molecule has 0 amide bonds. The van der Waals surface area contributed by atoms with Gasteiger partial charge in [0.15, 0.2) is 11.7 Å². The minimum Gasteiger partial charge on any atom is -0.481 e. The topological polar surface area (TPSA) is 100.0 Å². The lowest BCUT2D eigenvalue weighted by molar-refractivity contribution is -0.139. The Hall–Kier alpha value is -3.11. The molecule has 3 aromatic carbocycles. The molecule has 0 radical (unpaired) electrons. The summed E-state index contributed by atoms with van der Waals surface area (Å²) in [5.41, 5.74) is 3.37. The Morgan fingerprint density at radius 2 is 1.75 bits per heavy atom. The van der Waals surface area contributed by atoms with Crippen LogP contribution in [0.5, 0.6) is 5.75 Å². The Balaban J connectivity index is 1.66. The zero-order valence-electron chi connectivity index (χ0n) is 18.3. The van der Waals surface area contributed by atoms with Gasteiger partial charge >= 0.3 is 11.9 Å². The lowest BCUT2D eigenvalue weighted by Crippen LogP contribution is -2.16. The Morgan fingerprint density at radius 3 is 2.39 bits per heavy atom. The monoisotopic (exact) mass is 606 g/mol. The minimum atomic E-state index is -1.06. The van der Waals surface area contributed by atoms with E-state index >= 15 is 0 Å². The summed E-state index contributed by atoms with van der Waals surface area (Å²) in [4.78, 5) is 28.7. The van der Waals surface area contributed by atoms with Crippen LogP contribution in [0.25, 0.3) is 11.3 Å². The molecule has 0 atom stereocenters. The summed E-state index contributed by atoms with van der Waals surface area (Å²) in [6.07, 6.45) is 0. The van der Waals surface area contributed by atoms with Gasteiger partial charge in [0, 0.05) is 16.6 Å². The number of aromatic nitrogens is 1. The van der Waals surface area contributed by atoms with Crippen LogP contribution in [-0.2, 0) is 11.3 Å². The van der Waals surface area contributed by atoms with E-state index in [2.05, 4.69) is 15.9 Å². The van der Waals surface area contributed by atoms with E-state index in [4.69, 9.17) is 43.1 Å². The number of thiazole rings is 1. The first-order valence-electron chi connectivity index (χ1n) is 10.4. The molecule has 0 saturated heterocycles. The lowest BCUT2D eigenvalue weighted by Gasteiger charge is -2.23. The number of halogens is 3. The first-order chi connectivity index (χ1) is 17.2. The van der Waals surface area contributed by atoms with Gasteiger partial charge in [-0.3, -0.25) is 0 Å². The molecule has 184 valence electrons. The van der Waals surface area contributed by atoms with E-state index in [1.165, 1.54) is 11.3 Å². The summed E-state index contributed by atoms with van der Waals surface area (Å²) in [5.74, 6) is -1.63. The zero-order valence-corrected chi connectivity index (χ0v) is 22.2. The van der Waals surface area contributed by atoms with Crippen LogP contribution in [0, 0.1) is 0 Å². The molecule has 7 nitrogen and oxygen atoms in total. The number of benzene rings is 3. The molecule has 0 aliphatic heterocycles. The van der Waals surface area contributed by atoms with Gasteiger partial charge in [-0.2, -0.15) is 0 Å². The SMILES string of the molecule is O=C(O)COc1ccc(CN(c2ccc(Cl)c(Cl)c2)c2nc(-c3ccc(C(=O)O)cc3)cs2)cc1Br. The third-order valence-corrected chi connectivity index (χ3v) is 7.28. The standard InChI is InChI=1S/C25H17BrCl2N2O5S/c26-18-9-14(1-8-22(18)35-12-23(31)32)11-30(17-6-7-19(27)20(28)10-17)25-29-21(13-36-25)15-2-4-16(5-3-15)24(33)34/h1-10,13H,11-12H2,(H,31,32)(H,33,34). The predicted molar refractivity (Wildman–Crippen MR) is 144 cm³/mol. The Bertz CT molecular complexity index is 1430. The number of ether oxygens (including phenoxy) is 1. The van der Waals surface area contributed by atoms with Gasteiger partial charge in [0.25, 0.3) is 0 Å².